The zero-order valence-corrected chi connectivity index (χ0v) is 25.3. The zero-order chi connectivity index (χ0) is 28.7. The normalized spacial score (nSPS) is 11.1. The Balaban J connectivity index is 0.000000168. The van der Waals surface area contributed by atoms with Gasteiger partial charge in [-0.25, -0.2) is 0 Å². The molecular formula is C40H34P2. The van der Waals surface area contributed by atoms with E-state index in [4.69, 9.17) is 0 Å². The summed E-state index contributed by atoms with van der Waals surface area (Å²) in [7, 11) is -0.910. The molecule has 0 fully saturated rings. The Hall–Kier alpha value is -4.34. The smallest absolute Gasteiger partial charge is 0.0157 e. The van der Waals surface area contributed by atoms with E-state index < -0.39 is 15.8 Å². The molecule has 0 atom stereocenters. The summed E-state index contributed by atoms with van der Waals surface area (Å²) in [5.41, 5.74) is 2.49. The number of benzene rings is 6. The maximum absolute atomic E-state index is 2.34. The molecule has 0 unspecified atom stereocenters. The van der Waals surface area contributed by atoms with E-state index in [1.807, 2.05) is 0 Å². The molecule has 6 aromatic carbocycles. The molecule has 0 aliphatic heterocycles. The highest BCUT2D eigenvalue weighted by Gasteiger charge is 2.10. The molecule has 204 valence electrons. The van der Waals surface area contributed by atoms with Gasteiger partial charge in [-0.3, -0.25) is 0 Å². The van der Waals surface area contributed by atoms with E-state index in [1.54, 1.807) is 0 Å². The second-order valence-electron chi connectivity index (χ2n) is 9.54. The van der Waals surface area contributed by atoms with E-state index in [9.17, 15) is 0 Å². The summed E-state index contributed by atoms with van der Waals surface area (Å²) in [5.74, 6) is 4.69. The zero-order valence-electron chi connectivity index (χ0n) is 23.5. The predicted octanol–water partition coefficient (Wildman–Crippen LogP) is 9.58. The summed E-state index contributed by atoms with van der Waals surface area (Å²) in [6, 6.07) is 63.9. The molecule has 0 saturated heterocycles. The topological polar surface area (TPSA) is 0 Å². The SMILES string of the molecule is C(=CP(c1ccccc1)c1ccccc1)c1ccccc1.C(=CP(c1ccccc1)c1ccccc1)c1ccccc1. The standard InChI is InChI=1S/2C20H17P/c2*1-4-10-18(11-5-1)16-17-21(19-12-6-2-7-13-19)20-14-8-3-9-15-20/h2*1-17H. The van der Waals surface area contributed by atoms with Crippen molar-refractivity contribution in [1.82, 2.24) is 0 Å². The van der Waals surface area contributed by atoms with Gasteiger partial charge in [0.05, 0.1) is 0 Å². The highest BCUT2D eigenvalue weighted by Crippen LogP contribution is 2.36. The lowest BCUT2D eigenvalue weighted by Gasteiger charge is -2.14. The van der Waals surface area contributed by atoms with Crippen LogP contribution in [0.5, 0.6) is 0 Å². The van der Waals surface area contributed by atoms with Gasteiger partial charge in [0.25, 0.3) is 0 Å². The molecular weight excluding hydrogens is 542 g/mol. The summed E-state index contributed by atoms with van der Waals surface area (Å²) >= 11 is 0. The third kappa shape index (κ3) is 8.83. The lowest BCUT2D eigenvalue weighted by Crippen LogP contribution is -2.09. The van der Waals surface area contributed by atoms with Crippen molar-refractivity contribution in [2.45, 2.75) is 0 Å². The van der Waals surface area contributed by atoms with Crippen LogP contribution in [-0.2, 0) is 0 Å². The fourth-order valence-electron chi connectivity index (χ4n) is 4.45. The molecule has 42 heavy (non-hydrogen) atoms. The van der Waals surface area contributed by atoms with Gasteiger partial charge in [0.15, 0.2) is 0 Å². The molecule has 0 spiro atoms. The monoisotopic (exact) mass is 576 g/mol. The van der Waals surface area contributed by atoms with Crippen LogP contribution in [0.3, 0.4) is 0 Å². The minimum Gasteiger partial charge on any atom is -0.0622 e. The molecule has 0 heterocycles. The molecule has 0 amide bonds. The first-order chi connectivity index (χ1) is 20.9. The van der Waals surface area contributed by atoms with Gasteiger partial charge in [-0.2, -0.15) is 0 Å². The summed E-state index contributed by atoms with van der Waals surface area (Å²) in [6.07, 6.45) is 4.46. The second kappa shape index (κ2) is 16.2. The first-order valence-corrected chi connectivity index (χ1v) is 16.9. The summed E-state index contributed by atoms with van der Waals surface area (Å²) in [4.78, 5) is 0. The van der Waals surface area contributed by atoms with E-state index in [0.29, 0.717) is 0 Å². The quantitative estimate of drug-likeness (QED) is 0.158. The average molecular weight is 577 g/mol. The molecule has 6 rings (SSSR count). The lowest BCUT2D eigenvalue weighted by molar-refractivity contribution is 1.66. The molecule has 0 nitrogen and oxygen atoms in total. The predicted molar refractivity (Wildman–Crippen MR) is 189 cm³/mol. The molecule has 0 aliphatic carbocycles. The van der Waals surface area contributed by atoms with Crippen molar-refractivity contribution in [2.24, 2.45) is 0 Å². The summed E-state index contributed by atoms with van der Waals surface area (Å²) in [6.45, 7) is 0. The molecule has 0 bridgehead atoms. The van der Waals surface area contributed by atoms with Crippen molar-refractivity contribution >= 4 is 49.2 Å². The van der Waals surface area contributed by atoms with Gasteiger partial charge in [-0.05, 0) is 48.2 Å². The molecule has 0 N–H and O–H groups in total. The maximum Gasteiger partial charge on any atom is -0.0157 e. The van der Waals surface area contributed by atoms with Crippen molar-refractivity contribution in [3.8, 4) is 0 Å². The van der Waals surface area contributed by atoms with Gasteiger partial charge in [-0.1, -0.05) is 206 Å². The Kier molecular flexibility index (Phi) is 11.2. The van der Waals surface area contributed by atoms with Crippen molar-refractivity contribution in [1.29, 1.82) is 0 Å². The minimum atomic E-state index is -0.455. The maximum atomic E-state index is 2.34. The molecule has 0 radical (unpaired) electrons. The Morgan fingerprint density at radius 1 is 0.262 bits per heavy atom. The summed E-state index contributed by atoms with van der Waals surface area (Å²) in [5, 5.41) is 5.52. The van der Waals surface area contributed by atoms with E-state index in [2.05, 4.69) is 206 Å². The van der Waals surface area contributed by atoms with Crippen LogP contribution in [0.4, 0.5) is 0 Å². The lowest BCUT2D eigenvalue weighted by atomic mass is 10.2. The van der Waals surface area contributed by atoms with Crippen LogP contribution in [0.1, 0.15) is 11.1 Å². The van der Waals surface area contributed by atoms with Gasteiger partial charge < -0.3 is 0 Å². The van der Waals surface area contributed by atoms with Gasteiger partial charge >= 0.3 is 0 Å². The Morgan fingerprint density at radius 3 is 0.714 bits per heavy atom. The van der Waals surface area contributed by atoms with E-state index in [-0.39, 0.29) is 0 Å². The highest BCUT2D eigenvalue weighted by atomic mass is 31.1. The third-order valence-electron chi connectivity index (χ3n) is 6.57. The van der Waals surface area contributed by atoms with Crippen LogP contribution in [0, 0.1) is 0 Å². The summed E-state index contributed by atoms with van der Waals surface area (Å²) < 4.78 is 0. The first-order valence-electron chi connectivity index (χ1n) is 14.1. The number of hydrogen-bond donors (Lipinski definition) is 0. The van der Waals surface area contributed by atoms with Crippen molar-refractivity contribution in [3.05, 3.63) is 205 Å². The molecule has 0 aromatic heterocycles. The molecule has 6 aromatic rings. The largest absolute Gasteiger partial charge is 0.0622 e. The average Bonchev–Trinajstić information content (AvgIpc) is 3.08. The van der Waals surface area contributed by atoms with E-state index in [0.717, 1.165) is 0 Å². The molecule has 0 aliphatic rings. The number of rotatable bonds is 8. The van der Waals surface area contributed by atoms with E-state index >= 15 is 0 Å². The van der Waals surface area contributed by atoms with Crippen LogP contribution in [-0.4, -0.2) is 0 Å². The van der Waals surface area contributed by atoms with Crippen molar-refractivity contribution in [3.63, 3.8) is 0 Å². The van der Waals surface area contributed by atoms with Crippen molar-refractivity contribution in [2.75, 3.05) is 0 Å². The van der Waals surface area contributed by atoms with Gasteiger partial charge in [-0.15, -0.1) is 0 Å². The second-order valence-corrected chi connectivity index (χ2v) is 13.7. The molecule has 0 saturated carbocycles. The minimum absolute atomic E-state index is 0.455. The van der Waals surface area contributed by atoms with Crippen LogP contribution in [0.2, 0.25) is 0 Å². The van der Waals surface area contributed by atoms with Crippen LogP contribution < -0.4 is 21.2 Å². The highest BCUT2D eigenvalue weighted by molar-refractivity contribution is 7.76. The van der Waals surface area contributed by atoms with E-state index in [1.165, 1.54) is 32.3 Å². The van der Waals surface area contributed by atoms with Crippen LogP contribution in [0.15, 0.2) is 194 Å². The fraction of sp³-hybridized carbons (Fsp3) is 0. The van der Waals surface area contributed by atoms with Crippen LogP contribution >= 0.6 is 15.8 Å². The first kappa shape index (κ1) is 29.2. The van der Waals surface area contributed by atoms with Gasteiger partial charge in [0.2, 0.25) is 0 Å². The Bertz CT molecular complexity index is 1420. The fourth-order valence-corrected chi connectivity index (χ4v) is 8.35. The Morgan fingerprint density at radius 2 is 0.476 bits per heavy atom. The Labute approximate surface area is 253 Å². The van der Waals surface area contributed by atoms with Crippen molar-refractivity contribution < 1.29 is 0 Å². The van der Waals surface area contributed by atoms with Gasteiger partial charge in [0.1, 0.15) is 0 Å². The third-order valence-corrected chi connectivity index (χ3v) is 10.9. The van der Waals surface area contributed by atoms with Crippen LogP contribution in [0.25, 0.3) is 12.2 Å². The number of hydrogen-bond acceptors (Lipinski definition) is 0. The molecule has 2 heteroatoms. The van der Waals surface area contributed by atoms with Gasteiger partial charge in [0, 0.05) is 0 Å².